The van der Waals surface area contributed by atoms with Crippen molar-refractivity contribution in [3.8, 4) is 5.75 Å². The zero-order valence-corrected chi connectivity index (χ0v) is 12.9. The molecule has 0 bridgehead atoms. The minimum absolute atomic E-state index is 0.209. The molecule has 0 aromatic heterocycles. The molecule has 0 aliphatic heterocycles. The SMILES string of the molecule is CCCCCN(C)C(CN)c1ccc(OC)c(Cl)c1. The van der Waals surface area contributed by atoms with Crippen LogP contribution < -0.4 is 10.5 Å². The highest BCUT2D eigenvalue weighted by atomic mass is 35.5. The Bertz CT molecular complexity index is 384. The second kappa shape index (κ2) is 8.41. The second-order valence-electron chi connectivity index (χ2n) is 4.83. The lowest BCUT2D eigenvalue weighted by Crippen LogP contribution is -2.31. The van der Waals surface area contributed by atoms with Gasteiger partial charge in [0.2, 0.25) is 0 Å². The Hall–Kier alpha value is -0.770. The highest BCUT2D eigenvalue weighted by Gasteiger charge is 2.16. The number of likely N-dealkylation sites (N-methyl/N-ethyl adjacent to an activating group) is 1. The predicted octanol–water partition coefficient (Wildman–Crippen LogP) is 3.47. The van der Waals surface area contributed by atoms with Gasteiger partial charge in [0.1, 0.15) is 5.75 Å². The van der Waals surface area contributed by atoms with Crippen molar-refractivity contribution < 1.29 is 4.74 Å². The van der Waals surface area contributed by atoms with Gasteiger partial charge in [-0.3, -0.25) is 4.90 Å². The summed E-state index contributed by atoms with van der Waals surface area (Å²) < 4.78 is 5.18. The van der Waals surface area contributed by atoms with Crippen molar-refractivity contribution in [1.29, 1.82) is 0 Å². The summed E-state index contributed by atoms with van der Waals surface area (Å²) in [6.45, 7) is 3.86. The number of benzene rings is 1. The highest BCUT2D eigenvalue weighted by molar-refractivity contribution is 6.32. The first kappa shape index (κ1) is 16.3. The molecular formula is C15H25ClN2O. The molecule has 19 heavy (non-hydrogen) atoms. The fraction of sp³-hybridized carbons (Fsp3) is 0.600. The molecule has 1 aromatic rings. The largest absolute Gasteiger partial charge is 0.495 e. The van der Waals surface area contributed by atoms with Gasteiger partial charge in [-0.25, -0.2) is 0 Å². The van der Waals surface area contributed by atoms with Crippen LogP contribution in [0.3, 0.4) is 0 Å². The molecule has 0 spiro atoms. The zero-order valence-electron chi connectivity index (χ0n) is 12.2. The Morgan fingerprint density at radius 2 is 2.11 bits per heavy atom. The summed E-state index contributed by atoms with van der Waals surface area (Å²) in [5.41, 5.74) is 7.06. The standard InChI is InChI=1S/C15H25ClN2O/c1-4-5-6-9-18(2)14(11-17)12-7-8-15(19-3)13(16)10-12/h7-8,10,14H,4-6,9,11,17H2,1-3H3. The molecule has 0 heterocycles. The number of hydrogen-bond donors (Lipinski definition) is 1. The molecule has 0 saturated carbocycles. The van der Waals surface area contributed by atoms with Gasteiger partial charge in [-0.1, -0.05) is 37.4 Å². The van der Waals surface area contributed by atoms with Gasteiger partial charge in [0, 0.05) is 12.6 Å². The van der Waals surface area contributed by atoms with Crippen LogP contribution in [-0.2, 0) is 0 Å². The van der Waals surface area contributed by atoms with Crippen LogP contribution >= 0.6 is 11.6 Å². The molecule has 4 heteroatoms. The van der Waals surface area contributed by atoms with Crippen molar-refractivity contribution in [2.45, 2.75) is 32.2 Å². The van der Waals surface area contributed by atoms with Crippen LogP contribution in [-0.4, -0.2) is 32.1 Å². The number of nitrogens with two attached hydrogens (primary N) is 1. The highest BCUT2D eigenvalue weighted by Crippen LogP contribution is 2.29. The van der Waals surface area contributed by atoms with Crippen molar-refractivity contribution in [3.05, 3.63) is 28.8 Å². The molecule has 2 N–H and O–H groups in total. The van der Waals surface area contributed by atoms with Gasteiger partial charge in [0.15, 0.2) is 0 Å². The average molecular weight is 285 g/mol. The fourth-order valence-electron chi connectivity index (χ4n) is 2.23. The maximum Gasteiger partial charge on any atom is 0.137 e. The number of hydrogen-bond acceptors (Lipinski definition) is 3. The molecule has 108 valence electrons. The zero-order chi connectivity index (χ0) is 14.3. The number of halogens is 1. The Morgan fingerprint density at radius 3 is 2.63 bits per heavy atom. The Balaban J connectivity index is 2.75. The molecule has 0 fully saturated rings. The maximum absolute atomic E-state index is 6.18. The molecule has 0 radical (unpaired) electrons. The Labute approximate surface area is 121 Å². The quantitative estimate of drug-likeness (QED) is 0.743. The number of methoxy groups -OCH3 is 1. The normalized spacial score (nSPS) is 12.7. The summed E-state index contributed by atoms with van der Waals surface area (Å²) in [6, 6.07) is 6.10. The average Bonchev–Trinajstić information content (AvgIpc) is 2.40. The van der Waals surface area contributed by atoms with Crippen LogP contribution in [0.25, 0.3) is 0 Å². The molecule has 0 saturated heterocycles. The lowest BCUT2D eigenvalue weighted by molar-refractivity contribution is 0.245. The molecule has 0 aliphatic rings. The van der Waals surface area contributed by atoms with Crippen molar-refractivity contribution in [2.24, 2.45) is 5.73 Å². The van der Waals surface area contributed by atoms with Gasteiger partial charge in [0.05, 0.1) is 12.1 Å². The summed E-state index contributed by atoms with van der Waals surface area (Å²) >= 11 is 6.18. The monoisotopic (exact) mass is 284 g/mol. The summed E-state index contributed by atoms with van der Waals surface area (Å²) in [6.07, 6.45) is 3.69. The first-order valence-corrected chi connectivity index (χ1v) is 7.25. The predicted molar refractivity (Wildman–Crippen MR) is 82.0 cm³/mol. The van der Waals surface area contributed by atoms with Crippen molar-refractivity contribution >= 4 is 11.6 Å². The van der Waals surface area contributed by atoms with E-state index in [2.05, 4.69) is 18.9 Å². The van der Waals surface area contributed by atoms with Crippen LogP contribution in [0.1, 0.15) is 37.8 Å². The van der Waals surface area contributed by atoms with Gasteiger partial charge < -0.3 is 10.5 Å². The van der Waals surface area contributed by atoms with E-state index in [0.717, 1.165) is 12.1 Å². The third-order valence-corrected chi connectivity index (χ3v) is 3.73. The number of ether oxygens (including phenoxy) is 1. The number of rotatable bonds is 8. The third-order valence-electron chi connectivity index (χ3n) is 3.43. The van der Waals surface area contributed by atoms with Gasteiger partial charge >= 0.3 is 0 Å². The van der Waals surface area contributed by atoms with E-state index in [1.807, 2.05) is 18.2 Å². The number of nitrogens with zero attached hydrogens (tertiary/aromatic N) is 1. The topological polar surface area (TPSA) is 38.5 Å². The molecule has 1 rings (SSSR count). The van der Waals surface area contributed by atoms with Crippen LogP contribution in [0.5, 0.6) is 5.75 Å². The van der Waals surface area contributed by atoms with E-state index >= 15 is 0 Å². The second-order valence-corrected chi connectivity index (χ2v) is 5.24. The van der Waals surface area contributed by atoms with Crippen LogP contribution in [0.4, 0.5) is 0 Å². The summed E-state index contributed by atoms with van der Waals surface area (Å²) in [5, 5.41) is 0.639. The van der Waals surface area contributed by atoms with Gasteiger partial charge in [-0.2, -0.15) is 0 Å². The van der Waals surface area contributed by atoms with Gasteiger partial charge in [-0.05, 0) is 37.7 Å². The molecule has 1 unspecified atom stereocenters. The summed E-state index contributed by atoms with van der Waals surface area (Å²) in [5.74, 6) is 0.704. The lowest BCUT2D eigenvalue weighted by atomic mass is 10.0. The fourth-order valence-corrected chi connectivity index (χ4v) is 2.49. The minimum Gasteiger partial charge on any atom is -0.495 e. The van der Waals surface area contributed by atoms with Crippen LogP contribution in [0.2, 0.25) is 5.02 Å². The van der Waals surface area contributed by atoms with E-state index in [1.165, 1.54) is 19.3 Å². The Kier molecular flexibility index (Phi) is 7.21. The Morgan fingerprint density at radius 1 is 1.37 bits per heavy atom. The summed E-state index contributed by atoms with van der Waals surface area (Å²) in [7, 11) is 3.74. The lowest BCUT2D eigenvalue weighted by Gasteiger charge is -2.27. The molecular weight excluding hydrogens is 260 g/mol. The third kappa shape index (κ3) is 4.68. The van der Waals surface area contributed by atoms with Crippen LogP contribution in [0.15, 0.2) is 18.2 Å². The van der Waals surface area contributed by atoms with E-state index in [9.17, 15) is 0 Å². The van der Waals surface area contributed by atoms with Gasteiger partial charge in [-0.15, -0.1) is 0 Å². The molecule has 0 amide bonds. The van der Waals surface area contributed by atoms with E-state index in [-0.39, 0.29) is 6.04 Å². The van der Waals surface area contributed by atoms with Crippen molar-refractivity contribution in [3.63, 3.8) is 0 Å². The van der Waals surface area contributed by atoms with Gasteiger partial charge in [0.25, 0.3) is 0 Å². The molecule has 0 aliphatic carbocycles. The van der Waals surface area contributed by atoms with E-state index in [0.29, 0.717) is 17.3 Å². The first-order chi connectivity index (χ1) is 9.13. The minimum atomic E-state index is 0.209. The van der Waals surface area contributed by atoms with E-state index < -0.39 is 0 Å². The molecule has 3 nitrogen and oxygen atoms in total. The maximum atomic E-state index is 6.18. The van der Waals surface area contributed by atoms with E-state index in [1.54, 1.807) is 7.11 Å². The van der Waals surface area contributed by atoms with Crippen LogP contribution in [0, 0.1) is 0 Å². The smallest absolute Gasteiger partial charge is 0.137 e. The number of unbranched alkanes of at least 4 members (excludes halogenated alkanes) is 2. The molecule has 1 aromatic carbocycles. The van der Waals surface area contributed by atoms with Crippen molar-refractivity contribution in [1.82, 2.24) is 4.90 Å². The first-order valence-electron chi connectivity index (χ1n) is 6.87. The van der Waals surface area contributed by atoms with Crippen molar-refractivity contribution in [2.75, 3.05) is 27.2 Å². The van der Waals surface area contributed by atoms with E-state index in [4.69, 9.17) is 22.1 Å². The summed E-state index contributed by atoms with van der Waals surface area (Å²) in [4.78, 5) is 2.30. The molecule has 1 atom stereocenters.